The van der Waals surface area contributed by atoms with Crippen LogP contribution in [-0.2, 0) is 22.7 Å². The van der Waals surface area contributed by atoms with E-state index < -0.39 is 5.97 Å². The van der Waals surface area contributed by atoms with E-state index in [1.54, 1.807) is 17.0 Å². The Morgan fingerprint density at radius 2 is 1.84 bits per heavy atom. The summed E-state index contributed by atoms with van der Waals surface area (Å²) in [7, 11) is 1.73. The molecule has 31 heavy (non-hydrogen) atoms. The normalized spacial score (nSPS) is 13.1. The second-order valence-corrected chi connectivity index (χ2v) is 7.58. The van der Waals surface area contributed by atoms with Gasteiger partial charge in [-0.15, -0.1) is 0 Å². The Hall–Kier alpha value is -3.72. The number of carboxylic acid groups (broad SMARTS) is 1. The second kappa shape index (κ2) is 8.57. The standard InChI is InChI=1S/C22H24N6O3/c1-15-7-8-16(22-23-14-24-25-22)9-19(15)27(13-21(30)31)12-20(29)26(2)28-10-17-5-3-4-6-18(17)11-28/h3-9,14H,10-13H2,1-2H3,(H,30,31)(H,23,24,25). The number of aromatic amines is 1. The van der Waals surface area contributed by atoms with Gasteiger partial charge in [-0.25, -0.2) is 9.99 Å². The topological polar surface area (TPSA) is 106 Å². The molecule has 4 rings (SSSR count). The van der Waals surface area contributed by atoms with Crippen molar-refractivity contribution >= 4 is 17.6 Å². The van der Waals surface area contributed by atoms with Gasteiger partial charge in [-0.3, -0.25) is 19.7 Å². The van der Waals surface area contributed by atoms with Gasteiger partial charge >= 0.3 is 5.97 Å². The highest BCUT2D eigenvalue weighted by atomic mass is 16.4. The van der Waals surface area contributed by atoms with E-state index in [1.165, 1.54) is 17.5 Å². The number of hydrazine groups is 1. The van der Waals surface area contributed by atoms with Crippen LogP contribution in [-0.4, -0.2) is 62.3 Å². The SMILES string of the molecule is Cc1ccc(-c2nc[nH]n2)cc1N(CC(=O)O)CC(=O)N(C)N1Cc2ccccc2C1. The molecule has 0 fully saturated rings. The van der Waals surface area contributed by atoms with Crippen molar-refractivity contribution in [2.75, 3.05) is 25.0 Å². The molecule has 2 heterocycles. The molecule has 3 aromatic rings. The first-order chi connectivity index (χ1) is 14.9. The van der Waals surface area contributed by atoms with Crippen molar-refractivity contribution in [1.82, 2.24) is 25.2 Å². The lowest BCUT2D eigenvalue weighted by Gasteiger charge is -2.31. The van der Waals surface area contributed by atoms with Gasteiger partial charge in [0.2, 0.25) is 0 Å². The molecule has 0 spiro atoms. The first-order valence-electron chi connectivity index (χ1n) is 9.94. The Balaban J connectivity index is 1.54. The number of carbonyl (C=O) groups excluding carboxylic acids is 1. The largest absolute Gasteiger partial charge is 0.480 e. The van der Waals surface area contributed by atoms with Gasteiger partial charge in [0, 0.05) is 31.4 Å². The van der Waals surface area contributed by atoms with Crippen LogP contribution in [0.25, 0.3) is 11.4 Å². The minimum atomic E-state index is -1.01. The monoisotopic (exact) mass is 420 g/mol. The van der Waals surface area contributed by atoms with Gasteiger partial charge in [0.15, 0.2) is 5.82 Å². The molecular weight excluding hydrogens is 396 g/mol. The lowest BCUT2D eigenvalue weighted by molar-refractivity contribution is -0.145. The summed E-state index contributed by atoms with van der Waals surface area (Å²) >= 11 is 0. The number of hydrogen-bond donors (Lipinski definition) is 2. The Labute approximate surface area is 179 Å². The van der Waals surface area contributed by atoms with E-state index in [9.17, 15) is 14.7 Å². The highest BCUT2D eigenvalue weighted by molar-refractivity contribution is 5.85. The molecule has 1 aliphatic rings. The van der Waals surface area contributed by atoms with Gasteiger partial charge in [0.25, 0.3) is 5.91 Å². The second-order valence-electron chi connectivity index (χ2n) is 7.58. The molecular formula is C22H24N6O3. The fraction of sp³-hybridized carbons (Fsp3) is 0.273. The summed E-state index contributed by atoms with van der Waals surface area (Å²) < 4.78 is 0. The third kappa shape index (κ3) is 4.41. The van der Waals surface area contributed by atoms with Crippen LogP contribution in [0.5, 0.6) is 0 Å². The molecule has 2 aromatic carbocycles. The quantitative estimate of drug-likeness (QED) is 0.603. The molecule has 0 saturated heterocycles. The smallest absolute Gasteiger partial charge is 0.323 e. The van der Waals surface area contributed by atoms with Crippen LogP contribution in [0.15, 0.2) is 48.8 Å². The van der Waals surface area contributed by atoms with Crippen LogP contribution >= 0.6 is 0 Å². The fourth-order valence-electron chi connectivity index (χ4n) is 3.78. The summed E-state index contributed by atoms with van der Waals surface area (Å²) in [6, 6.07) is 13.7. The predicted molar refractivity (Wildman–Crippen MR) is 115 cm³/mol. The lowest BCUT2D eigenvalue weighted by Crippen LogP contribution is -2.47. The van der Waals surface area contributed by atoms with Crippen LogP contribution in [0.2, 0.25) is 0 Å². The molecule has 9 nitrogen and oxygen atoms in total. The number of anilines is 1. The third-order valence-electron chi connectivity index (χ3n) is 5.48. The van der Waals surface area contributed by atoms with E-state index in [4.69, 9.17) is 0 Å². The predicted octanol–water partition coefficient (Wildman–Crippen LogP) is 2.06. The average molecular weight is 420 g/mol. The molecule has 1 aliphatic heterocycles. The van der Waals surface area contributed by atoms with Crippen LogP contribution in [0.3, 0.4) is 0 Å². The number of rotatable bonds is 7. The first-order valence-corrected chi connectivity index (χ1v) is 9.94. The summed E-state index contributed by atoms with van der Waals surface area (Å²) in [6.07, 6.45) is 1.48. The van der Waals surface area contributed by atoms with Crippen molar-refractivity contribution in [3.05, 3.63) is 65.5 Å². The van der Waals surface area contributed by atoms with Crippen molar-refractivity contribution in [2.45, 2.75) is 20.0 Å². The number of carboxylic acids is 1. The molecule has 0 bridgehead atoms. The number of hydrogen-bond acceptors (Lipinski definition) is 6. The number of carbonyl (C=O) groups is 2. The number of aliphatic carboxylic acids is 1. The Kier molecular flexibility index (Phi) is 5.68. The summed E-state index contributed by atoms with van der Waals surface area (Å²) in [4.78, 5) is 30.4. The Bertz CT molecular complexity index is 1070. The molecule has 160 valence electrons. The molecule has 1 aromatic heterocycles. The molecule has 9 heteroatoms. The van der Waals surface area contributed by atoms with Crippen LogP contribution in [0, 0.1) is 6.92 Å². The summed E-state index contributed by atoms with van der Waals surface area (Å²) in [5.74, 6) is -0.682. The average Bonchev–Trinajstić information content (AvgIpc) is 3.42. The van der Waals surface area contributed by atoms with Gasteiger partial charge in [0.05, 0.1) is 6.54 Å². The zero-order valence-corrected chi connectivity index (χ0v) is 17.4. The number of benzene rings is 2. The summed E-state index contributed by atoms with van der Waals surface area (Å²) in [5.41, 5.74) is 4.66. The zero-order chi connectivity index (χ0) is 22.0. The molecule has 0 saturated carbocycles. The number of aryl methyl sites for hydroxylation is 1. The fourth-order valence-corrected chi connectivity index (χ4v) is 3.78. The van der Waals surface area contributed by atoms with Gasteiger partial charge in [-0.2, -0.15) is 5.10 Å². The van der Waals surface area contributed by atoms with Crippen LogP contribution in [0.1, 0.15) is 16.7 Å². The third-order valence-corrected chi connectivity index (χ3v) is 5.48. The number of amides is 1. The summed E-state index contributed by atoms with van der Waals surface area (Å²) in [6.45, 7) is 2.83. The molecule has 1 amide bonds. The number of likely N-dealkylation sites (N-methyl/N-ethyl adjacent to an activating group) is 1. The van der Waals surface area contributed by atoms with Crippen molar-refractivity contribution in [3.8, 4) is 11.4 Å². The molecule has 0 unspecified atom stereocenters. The lowest BCUT2D eigenvalue weighted by atomic mass is 10.1. The van der Waals surface area contributed by atoms with E-state index >= 15 is 0 Å². The Morgan fingerprint density at radius 1 is 1.13 bits per heavy atom. The van der Waals surface area contributed by atoms with Gasteiger partial charge < -0.3 is 10.0 Å². The van der Waals surface area contributed by atoms with Crippen molar-refractivity contribution in [1.29, 1.82) is 0 Å². The van der Waals surface area contributed by atoms with E-state index in [1.807, 2.05) is 42.3 Å². The number of nitrogens with one attached hydrogen (secondary N) is 1. The molecule has 0 aliphatic carbocycles. The minimum absolute atomic E-state index is 0.0616. The highest BCUT2D eigenvalue weighted by Gasteiger charge is 2.27. The van der Waals surface area contributed by atoms with Gasteiger partial charge in [0.1, 0.15) is 12.9 Å². The van der Waals surface area contributed by atoms with Gasteiger partial charge in [-0.05, 0) is 29.7 Å². The van der Waals surface area contributed by atoms with E-state index in [-0.39, 0.29) is 19.0 Å². The number of H-pyrrole nitrogens is 1. The maximum absolute atomic E-state index is 13.1. The number of nitrogens with zero attached hydrogens (tertiary/aromatic N) is 5. The minimum Gasteiger partial charge on any atom is -0.480 e. The highest BCUT2D eigenvalue weighted by Crippen LogP contribution is 2.27. The maximum atomic E-state index is 13.1. The van der Waals surface area contributed by atoms with E-state index in [0.29, 0.717) is 24.6 Å². The van der Waals surface area contributed by atoms with E-state index in [2.05, 4.69) is 27.3 Å². The van der Waals surface area contributed by atoms with E-state index in [0.717, 1.165) is 11.1 Å². The van der Waals surface area contributed by atoms with Gasteiger partial charge in [-0.1, -0.05) is 36.4 Å². The molecule has 0 atom stereocenters. The van der Waals surface area contributed by atoms with Crippen molar-refractivity contribution in [3.63, 3.8) is 0 Å². The Morgan fingerprint density at radius 3 is 2.45 bits per heavy atom. The first kappa shape index (κ1) is 20.5. The summed E-state index contributed by atoms with van der Waals surface area (Å²) in [5, 5.41) is 19.8. The molecule has 2 N–H and O–H groups in total. The van der Waals surface area contributed by atoms with Crippen molar-refractivity contribution in [2.24, 2.45) is 0 Å². The number of aromatic nitrogens is 3. The molecule has 0 radical (unpaired) electrons. The maximum Gasteiger partial charge on any atom is 0.323 e. The zero-order valence-electron chi connectivity index (χ0n) is 17.4. The van der Waals surface area contributed by atoms with Crippen LogP contribution in [0.4, 0.5) is 5.69 Å². The number of fused-ring (bicyclic) bond motifs is 1. The van der Waals surface area contributed by atoms with Crippen molar-refractivity contribution < 1.29 is 14.7 Å². The van der Waals surface area contributed by atoms with Crippen LogP contribution < -0.4 is 4.90 Å².